The number of rotatable bonds is 5. The van der Waals surface area contributed by atoms with Crippen molar-refractivity contribution in [2.75, 3.05) is 26.2 Å². The third-order valence-corrected chi connectivity index (χ3v) is 6.79. The van der Waals surface area contributed by atoms with Crippen LogP contribution in [0.25, 0.3) is 11.0 Å². The number of aryl methyl sites for hydroxylation is 1. The molecule has 0 aliphatic carbocycles. The molecule has 2 aliphatic heterocycles. The normalized spacial score (nSPS) is 21.2. The minimum atomic E-state index is -1.01. The maximum Gasteiger partial charge on any atom is 0.410 e. The van der Waals surface area contributed by atoms with Crippen LogP contribution in [0.1, 0.15) is 45.2 Å². The molecular weight excluding hydrogens is 482 g/mol. The molecule has 2 aliphatic rings. The summed E-state index contributed by atoms with van der Waals surface area (Å²) >= 11 is 0. The molecule has 0 spiro atoms. The number of carboxylic acids is 1. The van der Waals surface area contributed by atoms with E-state index in [0.717, 1.165) is 5.56 Å². The molecule has 2 fully saturated rings. The summed E-state index contributed by atoms with van der Waals surface area (Å²) in [5.74, 6) is -1.84. The molecule has 0 bridgehead atoms. The summed E-state index contributed by atoms with van der Waals surface area (Å²) in [4.78, 5) is 64.5. The van der Waals surface area contributed by atoms with Crippen molar-refractivity contribution < 1.29 is 29.0 Å². The number of piperidine rings is 1. The van der Waals surface area contributed by atoms with E-state index in [4.69, 9.17) is 4.74 Å². The highest BCUT2D eigenvalue weighted by Gasteiger charge is 2.36. The Morgan fingerprint density at radius 2 is 1.86 bits per heavy atom. The molecule has 200 valence electrons. The van der Waals surface area contributed by atoms with E-state index in [1.54, 1.807) is 33.9 Å². The van der Waals surface area contributed by atoms with Crippen LogP contribution in [0, 0.1) is 0 Å². The predicted molar refractivity (Wildman–Crippen MR) is 133 cm³/mol. The molecule has 37 heavy (non-hydrogen) atoms. The molecule has 12 nitrogen and oxygen atoms in total. The number of piperazine rings is 1. The third kappa shape index (κ3) is 5.53. The number of hydrogen-bond acceptors (Lipinski definition) is 7. The molecule has 2 saturated heterocycles. The molecule has 2 N–H and O–H groups in total. The fourth-order valence-electron chi connectivity index (χ4n) is 4.88. The number of carbonyl (C=O) groups excluding carboxylic acids is 3. The van der Waals surface area contributed by atoms with Gasteiger partial charge in [-0.1, -0.05) is 6.07 Å². The zero-order valence-corrected chi connectivity index (χ0v) is 21.5. The van der Waals surface area contributed by atoms with Gasteiger partial charge in [0.2, 0.25) is 11.8 Å². The second-order valence-corrected chi connectivity index (χ2v) is 10.6. The van der Waals surface area contributed by atoms with Gasteiger partial charge in [-0.15, -0.1) is 0 Å². The van der Waals surface area contributed by atoms with E-state index in [2.05, 4.69) is 5.32 Å². The highest BCUT2D eigenvalue weighted by Crippen LogP contribution is 2.24. The second kappa shape index (κ2) is 10.0. The zero-order chi connectivity index (χ0) is 27.1. The van der Waals surface area contributed by atoms with Crippen molar-refractivity contribution in [3.8, 4) is 0 Å². The maximum atomic E-state index is 13.0. The predicted octanol–water partition coefficient (Wildman–Crippen LogP) is 0.866. The van der Waals surface area contributed by atoms with Crippen LogP contribution in [0.2, 0.25) is 0 Å². The Labute approximate surface area is 213 Å². The molecule has 0 saturated carbocycles. The van der Waals surface area contributed by atoms with Gasteiger partial charge in [0.05, 0.1) is 17.6 Å². The molecule has 12 heteroatoms. The largest absolute Gasteiger partial charge is 0.480 e. The van der Waals surface area contributed by atoms with Crippen molar-refractivity contribution in [2.24, 2.45) is 7.05 Å². The number of aliphatic carboxylic acids is 1. The zero-order valence-electron chi connectivity index (χ0n) is 21.5. The lowest BCUT2D eigenvalue weighted by Crippen LogP contribution is -2.58. The summed E-state index contributed by atoms with van der Waals surface area (Å²) in [6.45, 7) is 6.54. The molecule has 2 atom stereocenters. The molecule has 3 amide bonds. The van der Waals surface area contributed by atoms with Crippen molar-refractivity contribution in [1.82, 2.24) is 24.3 Å². The van der Waals surface area contributed by atoms with Gasteiger partial charge in [-0.2, -0.15) is 0 Å². The summed E-state index contributed by atoms with van der Waals surface area (Å²) in [5, 5.41) is 12.1. The van der Waals surface area contributed by atoms with Crippen LogP contribution in [0.15, 0.2) is 23.0 Å². The Morgan fingerprint density at radius 3 is 2.51 bits per heavy atom. The summed E-state index contributed by atoms with van der Waals surface area (Å²) < 4.78 is 8.30. The van der Waals surface area contributed by atoms with Crippen molar-refractivity contribution >= 4 is 34.9 Å². The van der Waals surface area contributed by atoms with Gasteiger partial charge in [-0.05, 0) is 51.3 Å². The summed E-state index contributed by atoms with van der Waals surface area (Å²) in [5.41, 5.74) is 1.15. The lowest BCUT2D eigenvalue weighted by Gasteiger charge is -2.39. The number of nitrogens with one attached hydrogen (secondary N) is 1. The average Bonchev–Trinajstić information content (AvgIpc) is 3.06. The number of amides is 3. The number of carbonyl (C=O) groups is 4. The van der Waals surface area contributed by atoms with Gasteiger partial charge in [-0.25, -0.2) is 9.59 Å². The standard InChI is InChI=1S/C25H33N5O7/c1-25(2,3)37-24(36)29-12-11-28(19(14-29)22(33)34)10-9-15-5-6-16-18(13-15)27(4)23(35)30(16)17-7-8-20(31)26-21(17)32/h5-6,13,17,19H,7-12,14H2,1-4H3,(H,33,34)(H,26,31,32)/t17?,19-/m1/s1. The Balaban J connectivity index is 1.48. The van der Waals surface area contributed by atoms with Gasteiger partial charge >= 0.3 is 17.8 Å². The Morgan fingerprint density at radius 1 is 1.14 bits per heavy atom. The van der Waals surface area contributed by atoms with Crippen molar-refractivity contribution in [3.05, 3.63) is 34.2 Å². The van der Waals surface area contributed by atoms with Crippen molar-refractivity contribution in [2.45, 2.75) is 57.7 Å². The third-order valence-electron chi connectivity index (χ3n) is 6.79. The number of nitrogens with zero attached hydrogens (tertiary/aromatic N) is 4. The summed E-state index contributed by atoms with van der Waals surface area (Å²) in [6.07, 6.45) is 0.440. The fourth-order valence-corrected chi connectivity index (χ4v) is 4.88. The Kier molecular flexibility index (Phi) is 7.13. The van der Waals surface area contributed by atoms with Crippen LogP contribution in [0.4, 0.5) is 4.79 Å². The minimum Gasteiger partial charge on any atom is -0.480 e. The van der Waals surface area contributed by atoms with Crippen LogP contribution < -0.4 is 11.0 Å². The molecule has 1 aromatic carbocycles. The second-order valence-electron chi connectivity index (χ2n) is 10.6. The summed E-state index contributed by atoms with van der Waals surface area (Å²) in [7, 11) is 1.63. The number of imidazole rings is 1. The number of imide groups is 1. The van der Waals surface area contributed by atoms with Crippen LogP contribution in [0.3, 0.4) is 0 Å². The molecule has 1 aromatic heterocycles. The quantitative estimate of drug-likeness (QED) is 0.559. The van der Waals surface area contributed by atoms with Gasteiger partial charge < -0.3 is 14.7 Å². The van der Waals surface area contributed by atoms with Crippen molar-refractivity contribution in [3.63, 3.8) is 0 Å². The maximum absolute atomic E-state index is 13.0. The Bertz CT molecular complexity index is 1300. The number of benzene rings is 1. The van der Waals surface area contributed by atoms with Gasteiger partial charge in [0.15, 0.2) is 0 Å². The highest BCUT2D eigenvalue weighted by molar-refractivity contribution is 6.00. The number of hydrogen-bond donors (Lipinski definition) is 2. The molecule has 2 aromatic rings. The number of aromatic nitrogens is 2. The monoisotopic (exact) mass is 515 g/mol. The Hall–Kier alpha value is -3.67. The molecular formula is C25H33N5O7. The lowest BCUT2D eigenvalue weighted by molar-refractivity contribution is -0.145. The van der Waals surface area contributed by atoms with Crippen LogP contribution in [-0.4, -0.2) is 85.7 Å². The van der Waals surface area contributed by atoms with E-state index in [-0.39, 0.29) is 31.0 Å². The SMILES string of the molecule is Cn1c(=O)n(C2CCC(=O)NC2=O)c2ccc(CCN3CCN(C(=O)OC(C)(C)C)C[C@@H]3C(=O)O)cc21. The van der Waals surface area contributed by atoms with E-state index in [9.17, 15) is 29.1 Å². The first-order chi connectivity index (χ1) is 17.4. The average molecular weight is 516 g/mol. The van der Waals surface area contributed by atoms with Gasteiger partial charge in [0.25, 0.3) is 0 Å². The van der Waals surface area contributed by atoms with Crippen LogP contribution in [0.5, 0.6) is 0 Å². The molecule has 1 unspecified atom stereocenters. The van der Waals surface area contributed by atoms with Crippen molar-refractivity contribution in [1.29, 1.82) is 0 Å². The van der Waals surface area contributed by atoms with E-state index in [1.807, 2.05) is 17.0 Å². The smallest absolute Gasteiger partial charge is 0.410 e. The first-order valence-corrected chi connectivity index (χ1v) is 12.3. The molecule has 3 heterocycles. The van der Waals surface area contributed by atoms with Crippen LogP contribution >= 0.6 is 0 Å². The first kappa shape index (κ1) is 26.4. The fraction of sp³-hybridized carbons (Fsp3) is 0.560. The van der Waals surface area contributed by atoms with E-state index >= 15 is 0 Å². The topological polar surface area (TPSA) is 143 Å². The minimum absolute atomic E-state index is 0.0343. The van der Waals surface area contributed by atoms with E-state index < -0.39 is 35.7 Å². The van der Waals surface area contributed by atoms with Gasteiger partial charge in [0.1, 0.15) is 17.7 Å². The van der Waals surface area contributed by atoms with Crippen LogP contribution in [-0.2, 0) is 32.6 Å². The molecule has 0 radical (unpaired) electrons. The number of fused-ring (bicyclic) bond motifs is 1. The highest BCUT2D eigenvalue weighted by atomic mass is 16.6. The van der Waals surface area contributed by atoms with Gasteiger partial charge in [0, 0.05) is 33.1 Å². The number of ether oxygens (including phenoxy) is 1. The lowest BCUT2D eigenvalue weighted by atomic mass is 10.1. The number of carboxylic acid groups (broad SMARTS) is 1. The first-order valence-electron chi connectivity index (χ1n) is 12.3. The van der Waals surface area contributed by atoms with E-state index in [0.29, 0.717) is 37.1 Å². The van der Waals surface area contributed by atoms with Gasteiger partial charge in [-0.3, -0.25) is 33.7 Å². The summed E-state index contributed by atoms with van der Waals surface area (Å²) in [6, 6.07) is 3.90. The molecule has 4 rings (SSSR count). The van der Waals surface area contributed by atoms with E-state index in [1.165, 1.54) is 14.0 Å².